The molecule has 1 saturated heterocycles. The molecule has 164 valence electrons. The first-order valence-corrected chi connectivity index (χ1v) is 9.74. The number of carboxylic acid groups (broad SMARTS) is 1. The normalized spacial score (nSPS) is 16.1. The number of ketones is 1. The summed E-state index contributed by atoms with van der Waals surface area (Å²) < 4.78 is 40.8. The number of rotatable bonds is 4. The Hall–Kier alpha value is -2.26. The maximum atomic E-state index is 13.6. The molecule has 1 fully saturated rings. The van der Waals surface area contributed by atoms with Crippen molar-refractivity contribution in [2.24, 2.45) is 0 Å². The molecule has 2 N–H and O–H groups in total. The van der Waals surface area contributed by atoms with Gasteiger partial charge < -0.3 is 15.1 Å². The number of benzene rings is 2. The van der Waals surface area contributed by atoms with Gasteiger partial charge in [0.2, 0.25) is 0 Å². The van der Waals surface area contributed by atoms with E-state index in [0.717, 1.165) is 17.0 Å². The molecule has 1 aliphatic heterocycles. The van der Waals surface area contributed by atoms with Gasteiger partial charge in [0, 0.05) is 5.56 Å². The molecular weight excluding hydrogens is 482 g/mol. The van der Waals surface area contributed by atoms with Crippen LogP contribution in [0.15, 0.2) is 42.5 Å². The van der Waals surface area contributed by atoms with Crippen LogP contribution in [0.25, 0.3) is 5.57 Å². The second-order valence-corrected chi connectivity index (χ2v) is 8.11. The van der Waals surface area contributed by atoms with Crippen LogP contribution >= 0.6 is 34.8 Å². The van der Waals surface area contributed by atoms with Crippen molar-refractivity contribution in [3.8, 4) is 0 Å². The van der Waals surface area contributed by atoms with E-state index in [1.165, 1.54) is 24.3 Å². The predicted octanol–water partition coefficient (Wildman–Crippen LogP) is 5.66. The van der Waals surface area contributed by atoms with Gasteiger partial charge in [-0.1, -0.05) is 59.1 Å². The number of likely N-dealkylation sites (tertiary alicyclic amines) is 1. The molecule has 0 atom stereocenters. The lowest BCUT2D eigenvalue weighted by molar-refractivity contribution is -0.0898. The number of allylic oxidation sites excluding steroid dienone is 2. The number of carbonyl (C=O) groups is 2. The van der Waals surface area contributed by atoms with Gasteiger partial charge in [-0.2, -0.15) is 13.2 Å². The summed E-state index contributed by atoms with van der Waals surface area (Å²) in [5, 5.41) is 18.8. The van der Waals surface area contributed by atoms with Crippen molar-refractivity contribution in [1.82, 2.24) is 4.90 Å². The number of β-amino-alcohol motifs (C(OH)–C–C–N with tert-alkyl or cyclic N) is 1. The molecule has 31 heavy (non-hydrogen) atoms. The number of halogens is 6. The van der Waals surface area contributed by atoms with Crippen molar-refractivity contribution in [1.29, 1.82) is 0 Å². The Morgan fingerprint density at radius 1 is 1.00 bits per heavy atom. The van der Waals surface area contributed by atoms with Crippen LogP contribution in [0.4, 0.5) is 18.0 Å². The minimum Gasteiger partial charge on any atom is -0.465 e. The molecule has 0 bridgehead atoms. The smallest absolute Gasteiger partial charge is 0.417 e. The van der Waals surface area contributed by atoms with Crippen molar-refractivity contribution < 1.29 is 33.0 Å². The minimum absolute atomic E-state index is 0.0605. The highest BCUT2D eigenvalue weighted by molar-refractivity contribution is 6.48. The van der Waals surface area contributed by atoms with Crippen molar-refractivity contribution in [2.45, 2.75) is 11.8 Å². The average Bonchev–Trinajstić information content (AvgIpc) is 2.66. The first-order valence-electron chi connectivity index (χ1n) is 8.61. The largest absolute Gasteiger partial charge is 0.465 e. The number of amides is 1. The van der Waals surface area contributed by atoms with Crippen molar-refractivity contribution in [3.63, 3.8) is 0 Å². The minimum atomic E-state index is -4.88. The maximum absolute atomic E-state index is 13.6. The van der Waals surface area contributed by atoms with Crippen molar-refractivity contribution in [3.05, 3.63) is 74.2 Å². The van der Waals surface area contributed by atoms with Gasteiger partial charge in [0.1, 0.15) is 5.60 Å². The number of carbonyl (C=O) groups excluding carboxylic acids is 1. The highest BCUT2D eigenvalue weighted by Crippen LogP contribution is 2.39. The quantitative estimate of drug-likeness (QED) is 0.327. The van der Waals surface area contributed by atoms with E-state index in [0.29, 0.717) is 11.6 Å². The van der Waals surface area contributed by atoms with Gasteiger partial charge in [0.15, 0.2) is 5.78 Å². The molecule has 1 aliphatic rings. The van der Waals surface area contributed by atoms with Gasteiger partial charge in [0.05, 0.1) is 33.7 Å². The molecule has 0 unspecified atom stereocenters. The van der Waals surface area contributed by atoms with Crippen molar-refractivity contribution in [2.75, 3.05) is 13.1 Å². The fourth-order valence-electron chi connectivity index (χ4n) is 3.10. The predicted molar refractivity (Wildman–Crippen MR) is 110 cm³/mol. The fourth-order valence-corrected chi connectivity index (χ4v) is 3.70. The lowest BCUT2D eigenvalue weighted by Gasteiger charge is -2.45. The number of alkyl halides is 3. The Morgan fingerprint density at radius 2 is 1.52 bits per heavy atom. The molecule has 5 nitrogen and oxygen atoms in total. The van der Waals surface area contributed by atoms with Gasteiger partial charge in [-0.3, -0.25) is 4.79 Å². The number of nitrogens with zero attached hydrogens (tertiary/aromatic N) is 1. The zero-order valence-corrected chi connectivity index (χ0v) is 17.6. The van der Waals surface area contributed by atoms with Crippen LogP contribution in [0, 0.1) is 0 Å². The van der Waals surface area contributed by atoms with E-state index in [9.17, 15) is 27.9 Å². The maximum Gasteiger partial charge on any atom is 0.417 e. The van der Waals surface area contributed by atoms with Gasteiger partial charge in [-0.15, -0.1) is 0 Å². The summed E-state index contributed by atoms with van der Waals surface area (Å²) in [5.41, 5.74) is -2.80. The third-order valence-corrected chi connectivity index (χ3v) is 5.95. The summed E-state index contributed by atoms with van der Waals surface area (Å²) in [6.07, 6.45) is -5.63. The molecule has 0 aromatic heterocycles. The molecule has 2 aromatic rings. The van der Waals surface area contributed by atoms with Gasteiger partial charge >= 0.3 is 12.3 Å². The summed E-state index contributed by atoms with van der Waals surface area (Å²) in [6, 6.07) is 7.17. The Morgan fingerprint density at radius 3 is 1.97 bits per heavy atom. The van der Waals surface area contributed by atoms with Gasteiger partial charge in [-0.05, 0) is 29.3 Å². The topological polar surface area (TPSA) is 77.8 Å². The monoisotopic (exact) mass is 493 g/mol. The first kappa shape index (κ1) is 23.4. The van der Waals surface area contributed by atoms with E-state index in [1.54, 1.807) is 0 Å². The molecule has 11 heteroatoms. The summed E-state index contributed by atoms with van der Waals surface area (Å²) in [6.45, 7) is -0.294. The Labute approximate surface area is 189 Å². The second kappa shape index (κ2) is 8.35. The highest BCUT2D eigenvalue weighted by Gasteiger charge is 2.45. The Kier molecular flexibility index (Phi) is 6.30. The SMILES string of the molecule is O=C(/C=C(\c1cc(Cl)c(Cl)c(Cl)c1)C(F)(F)F)c1ccc(C2(O)CN(C(=O)O)C2)cc1. The lowest BCUT2D eigenvalue weighted by Crippen LogP contribution is -2.60. The Bertz CT molecular complexity index is 1060. The van der Waals surface area contributed by atoms with Crippen LogP contribution in [0.3, 0.4) is 0 Å². The lowest BCUT2D eigenvalue weighted by atomic mass is 9.86. The summed E-state index contributed by atoms with van der Waals surface area (Å²) in [5.74, 6) is -0.936. The van der Waals surface area contributed by atoms with Crippen LogP contribution in [-0.2, 0) is 5.60 Å². The number of aliphatic hydroxyl groups is 1. The molecule has 2 aromatic carbocycles. The van der Waals surface area contributed by atoms with Gasteiger partial charge in [0.25, 0.3) is 0 Å². The summed E-state index contributed by atoms with van der Waals surface area (Å²) in [4.78, 5) is 24.3. The zero-order valence-electron chi connectivity index (χ0n) is 15.4. The highest BCUT2D eigenvalue weighted by atomic mass is 35.5. The molecule has 1 heterocycles. The number of hydrogen-bond acceptors (Lipinski definition) is 3. The molecule has 3 rings (SSSR count). The second-order valence-electron chi connectivity index (χ2n) is 6.92. The van der Waals surface area contributed by atoms with E-state index >= 15 is 0 Å². The molecular formula is C20H13Cl3F3NO4. The third kappa shape index (κ3) is 4.82. The first-order chi connectivity index (χ1) is 14.3. The number of hydrogen-bond donors (Lipinski definition) is 2. The van der Waals surface area contributed by atoms with Crippen LogP contribution in [0.5, 0.6) is 0 Å². The summed E-state index contributed by atoms with van der Waals surface area (Å²) >= 11 is 17.4. The van der Waals surface area contributed by atoms with E-state index in [2.05, 4.69) is 0 Å². The van der Waals surface area contributed by atoms with E-state index in [1.807, 2.05) is 0 Å². The zero-order chi connectivity index (χ0) is 23.1. The molecule has 1 amide bonds. The van der Waals surface area contributed by atoms with Crippen molar-refractivity contribution >= 4 is 52.3 Å². The molecule has 0 radical (unpaired) electrons. The molecule has 0 saturated carbocycles. The third-order valence-electron chi connectivity index (χ3n) is 4.76. The van der Waals surface area contributed by atoms with E-state index in [-0.39, 0.29) is 33.7 Å². The average molecular weight is 495 g/mol. The van der Waals surface area contributed by atoms with Crippen LogP contribution < -0.4 is 0 Å². The fraction of sp³-hybridized carbons (Fsp3) is 0.200. The molecule has 0 aliphatic carbocycles. The summed E-state index contributed by atoms with van der Waals surface area (Å²) in [7, 11) is 0. The molecule has 0 spiro atoms. The van der Waals surface area contributed by atoms with E-state index < -0.39 is 34.8 Å². The van der Waals surface area contributed by atoms with Crippen LogP contribution in [0.2, 0.25) is 15.1 Å². The van der Waals surface area contributed by atoms with E-state index in [4.69, 9.17) is 39.9 Å². The standard InChI is InChI=1S/C20H13Cl3F3NO4/c21-14-5-11(6-15(22)17(14)23)13(20(24,25)26)7-16(28)10-1-3-12(4-2-10)19(31)8-27(9-19)18(29)30/h1-7,31H,8-9H2,(H,29,30)/b13-7+. The van der Waals surface area contributed by atoms with Crippen LogP contribution in [0.1, 0.15) is 21.5 Å². The Balaban J connectivity index is 1.89. The van der Waals surface area contributed by atoms with Gasteiger partial charge in [-0.25, -0.2) is 4.79 Å². The van der Waals surface area contributed by atoms with Crippen LogP contribution in [-0.4, -0.2) is 46.3 Å².